The number of carbonyl (C=O) groups is 2. The molecule has 1 aliphatic carbocycles. The first-order valence-electron chi connectivity index (χ1n) is 5.75. The number of rotatable bonds is 3. The maximum atomic E-state index is 11.7. The molecule has 1 aliphatic rings. The van der Waals surface area contributed by atoms with Crippen LogP contribution in [0.1, 0.15) is 20.3 Å². The van der Waals surface area contributed by atoms with Crippen LogP contribution in [0.15, 0.2) is 24.3 Å². The van der Waals surface area contributed by atoms with Crippen molar-refractivity contribution in [2.45, 2.75) is 20.3 Å². The molecule has 2 atom stereocenters. The molecule has 2 N–H and O–H groups in total. The van der Waals surface area contributed by atoms with Crippen molar-refractivity contribution in [2.75, 3.05) is 10.6 Å². The van der Waals surface area contributed by atoms with E-state index < -0.39 is 0 Å². The minimum absolute atomic E-state index is 0.0878. The van der Waals surface area contributed by atoms with Gasteiger partial charge in [0.15, 0.2) is 0 Å². The van der Waals surface area contributed by atoms with Crippen LogP contribution < -0.4 is 10.6 Å². The van der Waals surface area contributed by atoms with Gasteiger partial charge in [-0.05, 0) is 36.6 Å². The molecule has 1 saturated carbocycles. The van der Waals surface area contributed by atoms with Gasteiger partial charge in [-0.25, -0.2) is 0 Å². The number of anilines is 2. The van der Waals surface area contributed by atoms with Gasteiger partial charge in [-0.2, -0.15) is 0 Å². The van der Waals surface area contributed by atoms with Crippen LogP contribution in [0.5, 0.6) is 0 Å². The van der Waals surface area contributed by atoms with Crippen molar-refractivity contribution in [3.8, 4) is 0 Å². The minimum Gasteiger partial charge on any atom is -0.326 e. The Hall–Kier alpha value is -1.84. The monoisotopic (exact) mass is 232 g/mol. The molecule has 1 fully saturated rings. The number of hydrogen-bond donors (Lipinski definition) is 2. The topological polar surface area (TPSA) is 58.2 Å². The number of hydrogen-bond acceptors (Lipinski definition) is 2. The lowest BCUT2D eigenvalue weighted by atomic mass is 10.2. The van der Waals surface area contributed by atoms with Crippen molar-refractivity contribution in [1.29, 1.82) is 0 Å². The highest BCUT2D eigenvalue weighted by atomic mass is 16.2. The van der Waals surface area contributed by atoms with E-state index in [4.69, 9.17) is 0 Å². The predicted molar refractivity (Wildman–Crippen MR) is 66.6 cm³/mol. The maximum absolute atomic E-state index is 11.7. The third-order valence-corrected chi connectivity index (χ3v) is 2.92. The molecule has 0 aliphatic heterocycles. The highest BCUT2D eigenvalue weighted by molar-refractivity contribution is 5.95. The fourth-order valence-corrected chi connectivity index (χ4v) is 1.76. The molecular formula is C13H16N2O2. The minimum atomic E-state index is -0.103. The lowest BCUT2D eigenvalue weighted by Gasteiger charge is -2.06. The lowest BCUT2D eigenvalue weighted by Crippen LogP contribution is -2.14. The van der Waals surface area contributed by atoms with Crippen LogP contribution in [0.4, 0.5) is 11.4 Å². The fraction of sp³-hybridized carbons (Fsp3) is 0.385. The van der Waals surface area contributed by atoms with Crippen LogP contribution in [-0.4, -0.2) is 11.8 Å². The number of carbonyl (C=O) groups excluding carboxylic acids is 2. The van der Waals surface area contributed by atoms with Crippen LogP contribution in [-0.2, 0) is 9.59 Å². The predicted octanol–water partition coefficient (Wildman–Crippen LogP) is 2.24. The molecule has 2 amide bonds. The summed E-state index contributed by atoms with van der Waals surface area (Å²) in [7, 11) is 0. The number of amides is 2. The van der Waals surface area contributed by atoms with Crippen molar-refractivity contribution >= 4 is 23.2 Å². The van der Waals surface area contributed by atoms with E-state index in [0.29, 0.717) is 5.92 Å². The van der Waals surface area contributed by atoms with Crippen LogP contribution in [0, 0.1) is 11.8 Å². The van der Waals surface area contributed by atoms with Gasteiger partial charge in [0.1, 0.15) is 0 Å². The molecular weight excluding hydrogens is 216 g/mol. The van der Waals surface area contributed by atoms with Crippen molar-refractivity contribution < 1.29 is 9.59 Å². The zero-order chi connectivity index (χ0) is 12.4. The van der Waals surface area contributed by atoms with Gasteiger partial charge in [0.25, 0.3) is 0 Å². The smallest absolute Gasteiger partial charge is 0.227 e. The molecule has 0 heterocycles. The summed E-state index contributed by atoms with van der Waals surface area (Å²) in [4.78, 5) is 22.5. The standard InChI is InChI=1S/C13H16N2O2/c1-8-7-12(8)13(17)15-11-5-3-10(4-6-11)14-9(2)16/h3-6,8,12H,7H2,1-2H3,(H,14,16)(H,15,17)/t8-,12-/m0/s1. The Kier molecular flexibility index (Phi) is 3.13. The van der Waals surface area contributed by atoms with E-state index >= 15 is 0 Å². The Bertz CT molecular complexity index is 439. The number of nitrogens with one attached hydrogen (secondary N) is 2. The van der Waals surface area contributed by atoms with E-state index in [1.807, 2.05) is 0 Å². The second-order valence-electron chi connectivity index (χ2n) is 4.57. The van der Waals surface area contributed by atoms with Gasteiger partial charge >= 0.3 is 0 Å². The van der Waals surface area contributed by atoms with Crippen LogP contribution in [0.3, 0.4) is 0 Å². The maximum Gasteiger partial charge on any atom is 0.227 e. The molecule has 0 aromatic heterocycles. The van der Waals surface area contributed by atoms with E-state index in [0.717, 1.165) is 17.8 Å². The van der Waals surface area contributed by atoms with Gasteiger partial charge in [0, 0.05) is 24.2 Å². The summed E-state index contributed by atoms with van der Waals surface area (Å²) < 4.78 is 0. The molecule has 4 nitrogen and oxygen atoms in total. The molecule has 0 radical (unpaired) electrons. The van der Waals surface area contributed by atoms with Crippen LogP contribution in [0.25, 0.3) is 0 Å². The highest BCUT2D eigenvalue weighted by Gasteiger charge is 2.38. The van der Waals surface area contributed by atoms with Gasteiger partial charge in [-0.15, -0.1) is 0 Å². The fourth-order valence-electron chi connectivity index (χ4n) is 1.76. The molecule has 0 saturated heterocycles. The van der Waals surface area contributed by atoms with Gasteiger partial charge in [0.05, 0.1) is 0 Å². The summed E-state index contributed by atoms with van der Waals surface area (Å²) in [5.41, 5.74) is 1.50. The van der Waals surface area contributed by atoms with Crippen molar-refractivity contribution in [3.05, 3.63) is 24.3 Å². The normalized spacial score (nSPS) is 21.8. The first-order chi connectivity index (χ1) is 8.06. The van der Waals surface area contributed by atoms with Crippen molar-refractivity contribution in [3.63, 3.8) is 0 Å². The zero-order valence-electron chi connectivity index (χ0n) is 9.99. The van der Waals surface area contributed by atoms with Crippen LogP contribution >= 0.6 is 0 Å². The summed E-state index contributed by atoms with van der Waals surface area (Å²) in [5.74, 6) is 0.664. The van der Waals surface area contributed by atoms with E-state index in [-0.39, 0.29) is 17.7 Å². The molecule has 0 spiro atoms. The van der Waals surface area contributed by atoms with E-state index in [9.17, 15) is 9.59 Å². The highest BCUT2D eigenvalue weighted by Crippen LogP contribution is 2.38. The summed E-state index contributed by atoms with van der Waals surface area (Å²) in [6, 6.07) is 7.12. The van der Waals surface area contributed by atoms with Gasteiger partial charge in [-0.3, -0.25) is 9.59 Å². The second kappa shape index (κ2) is 4.57. The van der Waals surface area contributed by atoms with Crippen molar-refractivity contribution in [1.82, 2.24) is 0 Å². The Morgan fingerprint density at radius 3 is 2.00 bits per heavy atom. The Balaban J connectivity index is 1.93. The average molecular weight is 232 g/mol. The third kappa shape index (κ3) is 3.06. The molecule has 90 valence electrons. The molecule has 1 aromatic rings. The average Bonchev–Trinajstić information content (AvgIpc) is 2.98. The van der Waals surface area contributed by atoms with Gasteiger partial charge < -0.3 is 10.6 Å². The van der Waals surface area contributed by atoms with Crippen molar-refractivity contribution in [2.24, 2.45) is 11.8 Å². The Morgan fingerprint density at radius 2 is 1.59 bits per heavy atom. The molecule has 0 bridgehead atoms. The summed E-state index contributed by atoms with van der Waals surface area (Å²) in [6.07, 6.45) is 0.982. The first kappa shape index (κ1) is 11.6. The Morgan fingerprint density at radius 1 is 1.12 bits per heavy atom. The van der Waals surface area contributed by atoms with Gasteiger partial charge in [-0.1, -0.05) is 6.92 Å². The zero-order valence-corrected chi connectivity index (χ0v) is 9.99. The molecule has 0 unspecified atom stereocenters. The third-order valence-electron chi connectivity index (χ3n) is 2.92. The first-order valence-corrected chi connectivity index (χ1v) is 5.75. The van der Waals surface area contributed by atoms with Crippen LogP contribution in [0.2, 0.25) is 0 Å². The van der Waals surface area contributed by atoms with E-state index in [2.05, 4.69) is 17.6 Å². The molecule has 4 heteroatoms. The van der Waals surface area contributed by atoms with Gasteiger partial charge in [0.2, 0.25) is 11.8 Å². The molecule has 17 heavy (non-hydrogen) atoms. The molecule has 1 aromatic carbocycles. The largest absolute Gasteiger partial charge is 0.326 e. The number of benzene rings is 1. The Labute approximate surface area is 100 Å². The quantitative estimate of drug-likeness (QED) is 0.839. The lowest BCUT2D eigenvalue weighted by molar-refractivity contribution is -0.117. The SMILES string of the molecule is CC(=O)Nc1ccc(NC(=O)[C@H]2C[C@@H]2C)cc1. The van der Waals surface area contributed by atoms with E-state index in [1.165, 1.54) is 6.92 Å². The summed E-state index contributed by atoms with van der Waals surface area (Å²) in [6.45, 7) is 3.54. The van der Waals surface area contributed by atoms with E-state index in [1.54, 1.807) is 24.3 Å². The summed E-state index contributed by atoms with van der Waals surface area (Å²) in [5, 5.41) is 5.54. The second-order valence-corrected chi connectivity index (χ2v) is 4.57. The summed E-state index contributed by atoms with van der Waals surface area (Å²) >= 11 is 0. The molecule has 2 rings (SSSR count).